The predicted molar refractivity (Wildman–Crippen MR) is 507 cm³/mol. The normalized spacial score (nSPS) is 11.5. The summed E-state index contributed by atoms with van der Waals surface area (Å²) in [7, 11) is 11.7. The second-order valence-corrected chi connectivity index (χ2v) is 37.4. The summed E-state index contributed by atoms with van der Waals surface area (Å²) in [5, 5.41) is 1.57. The van der Waals surface area contributed by atoms with E-state index in [1.807, 2.05) is 103 Å². The van der Waals surface area contributed by atoms with Crippen molar-refractivity contribution in [3.8, 4) is 107 Å². The molecular formula is C109H131Cl2FO7. The molecule has 119 heavy (non-hydrogen) atoms. The van der Waals surface area contributed by atoms with E-state index in [0.717, 1.165) is 89.2 Å². The molecule has 630 valence electrons. The van der Waals surface area contributed by atoms with E-state index >= 15 is 0 Å². The minimum atomic E-state index is -0.132. The third-order valence-corrected chi connectivity index (χ3v) is 21.5. The number of rotatable bonds is 15. The van der Waals surface area contributed by atoms with Gasteiger partial charge in [0.2, 0.25) is 0 Å². The molecule has 0 aliphatic carbocycles. The zero-order chi connectivity index (χ0) is 88.1. The van der Waals surface area contributed by atoms with Crippen molar-refractivity contribution >= 4 is 23.2 Å². The summed E-state index contributed by atoms with van der Waals surface area (Å²) in [5.74, 6) is 6.21. The minimum Gasteiger partial charge on any atom is -0.497 e. The first-order valence-electron chi connectivity index (χ1n) is 41.1. The van der Waals surface area contributed by atoms with Crippen molar-refractivity contribution in [2.24, 2.45) is 0 Å². The summed E-state index contributed by atoms with van der Waals surface area (Å²) in [6, 6.07) is 86.2. The van der Waals surface area contributed by atoms with E-state index in [0.29, 0.717) is 17.4 Å². The van der Waals surface area contributed by atoms with Gasteiger partial charge in [-0.25, -0.2) is 4.39 Å². The van der Waals surface area contributed by atoms with Crippen LogP contribution in [0.25, 0.3) is 66.8 Å². The summed E-state index contributed by atoms with van der Waals surface area (Å²) in [6.45, 7) is 48.4. The highest BCUT2D eigenvalue weighted by Gasteiger charge is 2.27. The molecule has 0 unspecified atom stereocenters. The zero-order valence-electron chi connectivity index (χ0n) is 76.4. The molecule has 0 amide bonds. The van der Waals surface area contributed by atoms with Gasteiger partial charge in [-0.05, 0) is 200 Å². The average Bonchev–Trinajstić information content (AvgIpc) is 0.826. The van der Waals surface area contributed by atoms with E-state index in [2.05, 4.69) is 298 Å². The van der Waals surface area contributed by atoms with E-state index in [4.69, 9.17) is 56.4 Å². The maximum absolute atomic E-state index is 14.5. The van der Waals surface area contributed by atoms with Gasteiger partial charge >= 0.3 is 0 Å². The first-order valence-corrected chi connectivity index (χ1v) is 41.9. The van der Waals surface area contributed by atoms with Gasteiger partial charge in [-0.3, -0.25) is 0 Å². The van der Waals surface area contributed by atoms with Crippen molar-refractivity contribution in [1.82, 2.24) is 0 Å². The standard InChI is InChI=1S/C19H23Cl.C19H23F.3C18H22O2.C17H19ClO/c1-13(2)14-10-11-18(20)16(12-14)15-8-6-7-9-17(15)19(3,4)5;1-13(2)14-10-11-16(18(20)12-14)15-8-6-7-9-17(15)19(3,4)5;1-18(2,3)15-11-7-6-9-13(15)14-10-8-12-16(19-4)17(14)20-5;1-18(2,3)17-9-7-6-8-16(17)13-10-14(19-4)12-15(11-13)20-5;1-18(2,3)15-9-7-6-8-14(15)13-10-11-16(19-4)17(12-13)20-5;1-17(2,3)15-8-6-5-7-13(15)14-11-12(19-4)9-10-16(14)18/h2*6-13H,1-5H3;3*6-12H,1-5H3;5-11H,1-4H3. The van der Waals surface area contributed by atoms with Crippen LogP contribution in [0.15, 0.2) is 255 Å². The van der Waals surface area contributed by atoms with Gasteiger partial charge in [0.05, 0.1) is 49.8 Å². The number of ether oxygens (including phenoxy) is 7. The summed E-state index contributed by atoms with van der Waals surface area (Å²) in [6.07, 6.45) is 0. The highest BCUT2D eigenvalue weighted by atomic mass is 35.5. The lowest BCUT2D eigenvalue weighted by Gasteiger charge is -2.24. The van der Waals surface area contributed by atoms with Gasteiger partial charge in [0.15, 0.2) is 23.0 Å². The molecule has 0 bridgehead atoms. The third kappa shape index (κ3) is 25.9. The Hall–Kier alpha value is -10.3. The van der Waals surface area contributed by atoms with Crippen molar-refractivity contribution < 1.29 is 37.5 Å². The molecule has 0 aromatic heterocycles. The maximum atomic E-state index is 14.5. The first-order chi connectivity index (χ1) is 55.9. The predicted octanol–water partition coefficient (Wildman–Crippen LogP) is 31.7. The van der Waals surface area contributed by atoms with E-state index in [1.165, 1.54) is 66.8 Å². The Bertz CT molecular complexity index is 5250. The Kier molecular flexibility index (Phi) is 33.9. The van der Waals surface area contributed by atoms with Crippen LogP contribution in [0.4, 0.5) is 4.39 Å². The van der Waals surface area contributed by atoms with Gasteiger partial charge in [0.1, 0.15) is 23.1 Å². The van der Waals surface area contributed by atoms with Crippen molar-refractivity contribution in [2.75, 3.05) is 49.8 Å². The Balaban J connectivity index is 0.000000197. The molecule has 7 nitrogen and oxygen atoms in total. The van der Waals surface area contributed by atoms with Gasteiger partial charge in [-0.15, -0.1) is 0 Å². The number of hydrogen-bond acceptors (Lipinski definition) is 7. The van der Waals surface area contributed by atoms with Gasteiger partial charge in [-0.2, -0.15) is 0 Å². The van der Waals surface area contributed by atoms with Crippen LogP contribution < -0.4 is 33.2 Å². The molecule has 10 heteroatoms. The molecule has 0 spiro atoms. The van der Waals surface area contributed by atoms with Gasteiger partial charge in [-0.1, -0.05) is 358 Å². The second kappa shape index (κ2) is 42.1. The van der Waals surface area contributed by atoms with Crippen molar-refractivity contribution in [2.45, 2.75) is 197 Å². The lowest BCUT2D eigenvalue weighted by Crippen LogP contribution is -2.12. The van der Waals surface area contributed by atoms with Crippen LogP contribution in [-0.4, -0.2) is 49.8 Å². The zero-order valence-corrected chi connectivity index (χ0v) is 77.9. The largest absolute Gasteiger partial charge is 0.497 e. The van der Waals surface area contributed by atoms with Gasteiger partial charge < -0.3 is 33.2 Å². The fraction of sp³-hybridized carbons (Fsp3) is 0.339. The molecule has 0 heterocycles. The Morgan fingerprint density at radius 1 is 0.235 bits per heavy atom. The van der Waals surface area contributed by atoms with Crippen molar-refractivity contribution in [3.63, 3.8) is 0 Å². The number of methoxy groups -OCH3 is 7. The van der Waals surface area contributed by atoms with Crippen molar-refractivity contribution in [1.29, 1.82) is 0 Å². The van der Waals surface area contributed by atoms with Crippen LogP contribution in [0, 0.1) is 5.82 Å². The topological polar surface area (TPSA) is 64.6 Å². The summed E-state index contributed by atoms with van der Waals surface area (Å²) in [4.78, 5) is 0. The number of benzene rings is 12. The molecule has 0 saturated carbocycles. The molecule has 0 fully saturated rings. The SMILES string of the molecule is CC(C)c1ccc(-c2ccccc2C(C)(C)C)c(F)c1.CC(C)c1ccc(Cl)c(-c2ccccc2C(C)(C)C)c1.COc1cc(OC)cc(-c2ccccc2C(C)(C)C)c1.COc1ccc(-c2ccccc2C(C)(C)C)cc1OC.COc1ccc(Cl)c(-c2ccccc2C(C)(C)C)c1.COc1cccc(-c2ccccc2C(C)(C)C)c1OC. The Labute approximate surface area is 724 Å². The molecule has 12 rings (SSSR count). The summed E-state index contributed by atoms with van der Waals surface area (Å²) >= 11 is 12.8. The smallest absolute Gasteiger partial charge is 0.168 e. The van der Waals surface area contributed by atoms with Gasteiger partial charge in [0, 0.05) is 38.4 Å². The van der Waals surface area contributed by atoms with Crippen molar-refractivity contribution in [3.05, 3.63) is 315 Å². The molecule has 0 radical (unpaired) electrons. The molecule has 12 aromatic carbocycles. The van der Waals surface area contributed by atoms with E-state index < -0.39 is 0 Å². The molecule has 0 saturated heterocycles. The summed E-state index contributed by atoms with van der Waals surface area (Å²) < 4.78 is 52.2. The van der Waals surface area contributed by atoms with Crippen LogP contribution in [0.2, 0.25) is 10.0 Å². The monoisotopic (exact) mass is 1640 g/mol. The first kappa shape index (κ1) is 95.9. The quantitative estimate of drug-likeness (QED) is 0.101. The fourth-order valence-electron chi connectivity index (χ4n) is 14.4. The highest BCUT2D eigenvalue weighted by molar-refractivity contribution is 6.33. The number of hydrogen-bond donors (Lipinski definition) is 0. The number of para-hydroxylation sites is 1. The third-order valence-electron chi connectivity index (χ3n) is 20.8. The number of halogens is 3. The van der Waals surface area contributed by atoms with E-state index in [9.17, 15) is 4.39 Å². The molecule has 12 aromatic rings. The van der Waals surface area contributed by atoms with E-state index in [-0.39, 0.29) is 38.3 Å². The lowest BCUT2D eigenvalue weighted by molar-refractivity contribution is 0.355. The fourth-order valence-corrected chi connectivity index (χ4v) is 14.8. The van der Waals surface area contributed by atoms with Crippen LogP contribution in [0.1, 0.15) is 209 Å². The molecular weight excluding hydrogens is 1510 g/mol. The minimum absolute atomic E-state index is 0.000245. The Morgan fingerprint density at radius 2 is 0.563 bits per heavy atom. The molecule has 0 aliphatic heterocycles. The molecule has 0 atom stereocenters. The Morgan fingerprint density at radius 3 is 0.933 bits per heavy atom. The average molecular weight is 1640 g/mol. The maximum Gasteiger partial charge on any atom is 0.168 e. The molecule has 0 aliphatic rings. The molecule has 0 N–H and O–H groups in total. The van der Waals surface area contributed by atoms with Crippen LogP contribution in [0.5, 0.6) is 40.2 Å². The summed E-state index contributed by atoms with van der Waals surface area (Å²) in [5.41, 5.74) is 23.8. The van der Waals surface area contributed by atoms with Gasteiger partial charge in [0.25, 0.3) is 0 Å². The van der Waals surface area contributed by atoms with Crippen LogP contribution >= 0.6 is 23.2 Å². The van der Waals surface area contributed by atoms with E-state index in [1.54, 1.807) is 55.8 Å². The lowest BCUT2D eigenvalue weighted by atomic mass is 9.81. The second-order valence-electron chi connectivity index (χ2n) is 36.6. The van der Waals surface area contributed by atoms with Crippen LogP contribution in [0.3, 0.4) is 0 Å². The van der Waals surface area contributed by atoms with Crippen LogP contribution in [-0.2, 0) is 32.5 Å². The highest BCUT2D eigenvalue weighted by Crippen LogP contribution is 2.46.